The van der Waals surface area contributed by atoms with E-state index in [-0.39, 0.29) is 11.9 Å². The Morgan fingerprint density at radius 1 is 0.957 bits per heavy atom. The lowest BCUT2D eigenvalue weighted by Crippen LogP contribution is -2.51. The molecule has 23 heavy (non-hydrogen) atoms. The van der Waals surface area contributed by atoms with Gasteiger partial charge in [-0.25, -0.2) is 4.79 Å². The first-order chi connectivity index (χ1) is 11.1. The first-order valence-electron chi connectivity index (χ1n) is 7.60. The molecule has 1 aromatic heterocycles. The largest absolute Gasteiger partial charge is 0.334 e. The highest BCUT2D eigenvalue weighted by molar-refractivity contribution is 7.13. The van der Waals surface area contributed by atoms with E-state index < -0.39 is 0 Å². The summed E-state index contributed by atoms with van der Waals surface area (Å²) < 4.78 is 0. The summed E-state index contributed by atoms with van der Waals surface area (Å²) in [7, 11) is 0. The highest BCUT2D eigenvalue weighted by Gasteiger charge is 2.25. The van der Waals surface area contributed by atoms with Gasteiger partial charge in [-0.2, -0.15) is 0 Å². The summed E-state index contributed by atoms with van der Waals surface area (Å²) in [5.41, 5.74) is 0.782. The molecule has 0 bridgehead atoms. The van der Waals surface area contributed by atoms with Gasteiger partial charge in [0.1, 0.15) is 0 Å². The molecule has 2 heterocycles. The number of thiophene rings is 1. The number of para-hydroxylation sites is 1. The van der Waals surface area contributed by atoms with Gasteiger partial charge in [0.25, 0.3) is 5.91 Å². The predicted molar refractivity (Wildman–Crippen MR) is 92.0 cm³/mol. The first-order valence-corrected chi connectivity index (χ1v) is 8.42. The summed E-state index contributed by atoms with van der Waals surface area (Å²) in [5, 5.41) is 2.88. The van der Waals surface area contributed by atoms with Crippen molar-refractivity contribution in [2.75, 3.05) is 31.5 Å². The van der Waals surface area contributed by atoms with Crippen LogP contribution >= 0.6 is 11.3 Å². The molecule has 1 aliphatic rings. The SMILES string of the molecule is Cc1ccc(C(=O)N2CCN(C(=O)Nc3ccccc3)CC2)s1. The van der Waals surface area contributed by atoms with Gasteiger partial charge in [-0.3, -0.25) is 4.79 Å². The molecule has 0 spiro atoms. The average Bonchev–Trinajstić information content (AvgIpc) is 3.02. The van der Waals surface area contributed by atoms with E-state index in [4.69, 9.17) is 0 Å². The van der Waals surface area contributed by atoms with Crippen molar-refractivity contribution in [3.05, 3.63) is 52.2 Å². The van der Waals surface area contributed by atoms with Crippen LogP contribution in [0.15, 0.2) is 42.5 Å². The predicted octanol–water partition coefficient (Wildman–Crippen LogP) is 3.05. The van der Waals surface area contributed by atoms with Gasteiger partial charge < -0.3 is 15.1 Å². The van der Waals surface area contributed by atoms with Gasteiger partial charge in [0.2, 0.25) is 0 Å². The molecular formula is C17H19N3O2S. The number of anilines is 1. The van der Waals surface area contributed by atoms with Crippen LogP contribution in [0, 0.1) is 6.92 Å². The van der Waals surface area contributed by atoms with Crippen LogP contribution in [0.1, 0.15) is 14.5 Å². The lowest BCUT2D eigenvalue weighted by molar-refractivity contribution is 0.0676. The normalized spacial score (nSPS) is 14.7. The van der Waals surface area contributed by atoms with E-state index in [2.05, 4.69) is 5.32 Å². The maximum atomic E-state index is 12.4. The number of carbonyl (C=O) groups is 2. The highest BCUT2D eigenvalue weighted by atomic mass is 32.1. The molecule has 1 fully saturated rings. The summed E-state index contributed by atoms with van der Waals surface area (Å²) >= 11 is 1.51. The number of nitrogens with one attached hydrogen (secondary N) is 1. The molecule has 0 radical (unpaired) electrons. The van der Waals surface area contributed by atoms with Crippen molar-refractivity contribution in [3.63, 3.8) is 0 Å². The van der Waals surface area contributed by atoms with Crippen molar-refractivity contribution in [1.29, 1.82) is 0 Å². The molecule has 0 aliphatic carbocycles. The van der Waals surface area contributed by atoms with Crippen LogP contribution in [0.4, 0.5) is 10.5 Å². The van der Waals surface area contributed by atoms with Crippen LogP contribution in [0.25, 0.3) is 0 Å². The minimum atomic E-state index is -0.115. The van der Waals surface area contributed by atoms with Gasteiger partial charge in [-0.15, -0.1) is 11.3 Å². The Hall–Kier alpha value is -2.34. The molecule has 0 unspecified atom stereocenters. The van der Waals surface area contributed by atoms with Gasteiger partial charge in [0.05, 0.1) is 4.88 Å². The zero-order valence-electron chi connectivity index (χ0n) is 13.0. The van der Waals surface area contributed by atoms with Gasteiger partial charge in [0, 0.05) is 36.7 Å². The number of carbonyl (C=O) groups excluding carboxylic acids is 2. The smallest absolute Gasteiger partial charge is 0.321 e. The second-order valence-electron chi connectivity index (χ2n) is 5.49. The fourth-order valence-electron chi connectivity index (χ4n) is 2.54. The highest BCUT2D eigenvalue weighted by Crippen LogP contribution is 2.18. The Balaban J connectivity index is 1.54. The standard InChI is InChI=1S/C17H19N3O2S/c1-13-7-8-15(23-13)16(21)19-9-11-20(12-10-19)17(22)18-14-5-3-2-4-6-14/h2-8H,9-12H2,1H3,(H,18,22). The molecular weight excluding hydrogens is 310 g/mol. The number of hydrogen-bond acceptors (Lipinski definition) is 3. The Kier molecular flexibility index (Phi) is 4.62. The third-order valence-corrected chi connectivity index (χ3v) is 4.82. The molecule has 1 saturated heterocycles. The van der Waals surface area contributed by atoms with Crippen molar-refractivity contribution >= 4 is 29.0 Å². The molecule has 120 valence electrons. The first kappa shape index (κ1) is 15.6. The fraction of sp³-hybridized carbons (Fsp3) is 0.294. The van der Waals surface area contributed by atoms with Crippen LogP contribution in [0.3, 0.4) is 0 Å². The minimum Gasteiger partial charge on any atom is -0.334 e. The number of amides is 3. The van der Waals surface area contributed by atoms with Gasteiger partial charge in [-0.1, -0.05) is 18.2 Å². The van der Waals surface area contributed by atoms with E-state index >= 15 is 0 Å². The van der Waals surface area contributed by atoms with Crippen molar-refractivity contribution in [2.24, 2.45) is 0 Å². The Labute approximate surface area is 139 Å². The van der Waals surface area contributed by atoms with Gasteiger partial charge in [0.15, 0.2) is 0 Å². The van der Waals surface area contributed by atoms with E-state index in [1.54, 1.807) is 4.90 Å². The summed E-state index contributed by atoms with van der Waals surface area (Å²) in [6.45, 7) is 4.23. The lowest BCUT2D eigenvalue weighted by Gasteiger charge is -2.34. The number of benzene rings is 1. The Morgan fingerprint density at radius 3 is 2.22 bits per heavy atom. The molecule has 2 aromatic rings. The van der Waals surface area contributed by atoms with Gasteiger partial charge >= 0.3 is 6.03 Å². The summed E-state index contributed by atoms with van der Waals surface area (Å²) in [6.07, 6.45) is 0. The molecule has 0 atom stereocenters. The molecule has 1 N–H and O–H groups in total. The summed E-state index contributed by atoms with van der Waals surface area (Å²) in [5.74, 6) is 0.0613. The van der Waals surface area contributed by atoms with Crippen LogP contribution in [0.5, 0.6) is 0 Å². The van der Waals surface area contributed by atoms with E-state index in [9.17, 15) is 9.59 Å². The van der Waals surface area contributed by atoms with Crippen molar-refractivity contribution in [3.8, 4) is 0 Å². The van der Waals surface area contributed by atoms with Crippen molar-refractivity contribution in [1.82, 2.24) is 9.80 Å². The van der Waals surface area contributed by atoms with Crippen LogP contribution in [-0.2, 0) is 0 Å². The molecule has 3 rings (SSSR count). The van der Waals surface area contributed by atoms with Crippen LogP contribution in [0.2, 0.25) is 0 Å². The monoisotopic (exact) mass is 329 g/mol. The Bertz CT molecular complexity index is 691. The van der Waals surface area contributed by atoms with Crippen molar-refractivity contribution in [2.45, 2.75) is 6.92 Å². The van der Waals surface area contributed by atoms with E-state index in [0.717, 1.165) is 15.4 Å². The quantitative estimate of drug-likeness (QED) is 0.921. The number of hydrogen-bond donors (Lipinski definition) is 1. The fourth-order valence-corrected chi connectivity index (χ4v) is 3.38. The number of nitrogens with zero attached hydrogens (tertiary/aromatic N) is 2. The third kappa shape index (κ3) is 3.71. The summed E-state index contributed by atoms with van der Waals surface area (Å²) in [4.78, 5) is 30.1. The maximum Gasteiger partial charge on any atom is 0.321 e. The molecule has 1 aliphatic heterocycles. The second kappa shape index (κ2) is 6.83. The number of piperazine rings is 1. The molecule has 3 amide bonds. The summed E-state index contributed by atoms with van der Waals surface area (Å²) in [6, 6.07) is 13.1. The van der Waals surface area contributed by atoms with Crippen molar-refractivity contribution < 1.29 is 9.59 Å². The van der Waals surface area contributed by atoms with Crippen LogP contribution < -0.4 is 5.32 Å². The van der Waals surface area contributed by atoms with Gasteiger partial charge in [-0.05, 0) is 31.2 Å². The zero-order chi connectivity index (χ0) is 16.2. The number of aryl methyl sites for hydroxylation is 1. The maximum absolute atomic E-state index is 12.4. The van der Waals surface area contributed by atoms with E-state index in [1.165, 1.54) is 11.3 Å². The second-order valence-corrected chi connectivity index (χ2v) is 6.77. The lowest BCUT2D eigenvalue weighted by atomic mass is 10.3. The van der Waals surface area contributed by atoms with E-state index in [1.807, 2.05) is 54.3 Å². The third-order valence-electron chi connectivity index (χ3n) is 3.83. The average molecular weight is 329 g/mol. The molecule has 5 nitrogen and oxygen atoms in total. The molecule has 0 saturated carbocycles. The number of rotatable bonds is 2. The van der Waals surface area contributed by atoms with E-state index in [0.29, 0.717) is 26.2 Å². The Morgan fingerprint density at radius 2 is 1.61 bits per heavy atom. The topological polar surface area (TPSA) is 52.7 Å². The molecule has 1 aromatic carbocycles. The minimum absolute atomic E-state index is 0.0613. The number of urea groups is 1. The molecule has 6 heteroatoms. The zero-order valence-corrected chi connectivity index (χ0v) is 13.8. The van der Waals surface area contributed by atoms with Crippen LogP contribution in [-0.4, -0.2) is 47.9 Å².